The lowest BCUT2D eigenvalue weighted by atomic mass is 10.0. The zero-order valence-corrected chi connectivity index (χ0v) is 13.5. The highest BCUT2D eigenvalue weighted by Crippen LogP contribution is 2.21. The number of hydrogen-bond donors (Lipinski definition) is 0. The Morgan fingerprint density at radius 3 is 2.55 bits per heavy atom. The summed E-state index contributed by atoms with van der Waals surface area (Å²) in [6.45, 7) is 5.91. The minimum absolute atomic E-state index is 0.265. The maximum atomic E-state index is 11.5. The number of likely N-dealkylation sites (tertiary alicyclic amines) is 2. The quantitative estimate of drug-likeness (QED) is 0.800. The van der Waals surface area contributed by atoms with E-state index in [1.54, 1.807) is 0 Å². The summed E-state index contributed by atoms with van der Waals surface area (Å²) >= 11 is 0. The molecule has 3 rings (SSSR count). The van der Waals surface area contributed by atoms with Crippen molar-refractivity contribution in [1.82, 2.24) is 9.80 Å². The fourth-order valence-electron chi connectivity index (χ4n) is 3.70. The van der Waals surface area contributed by atoms with Gasteiger partial charge in [0.2, 0.25) is 0 Å². The van der Waals surface area contributed by atoms with Gasteiger partial charge in [0.05, 0.1) is 12.7 Å². The van der Waals surface area contributed by atoms with Gasteiger partial charge in [0.1, 0.15) is 0 Å². The number of carbonyl (C=O) groups excluding carboxylic acids is 1. The predicted molar refractivity (Wildman–Crippen MR) is 86.9 cm³/mol. The lowest BCUT2D eigenvalue weighted by Crippen LogP contribution is -2.46. The van der Waals surface area contributed by atoms with Crippen LogP contribution < -0.4 is 0 Å². The van der Waals surface area contributed by atoms with Crippen molar-refractivity contribution >= 4 is 5.97 Å². The molecule has 2 heterocycles. The predicted octanol–water partition coefficient (Wildman–Crippen LogP) is 2.53. The van der Waals surface area contributed by atoms with E-state index in [1.165, 1.54) is 64.5 Å². The van der Waals surface area contributed by atoms with Gasteiger partial charge in [-0.1, -0.05) is 12.1 Å². The van der Waals surface area contributed by atoms with E-state index >= 15 is 0 Å². The highest BCUT2D eigenvalue weighted by atomic mass is 16.5. The molecule has 1 unspecified atom stereocenters. The normalized spacial score (nSPS) is 23.6. The van der Waals surface area contributed by atoms with E-state index in [1.807, 2.05) is 24.3 Å². The number of benzene rings is 1. The standard InChI is InChI=1S/C18H26N2O2/c1-22-18(21)16-8-6-15(7-9-16)13-19-10-4-5-17(14-19)20-11-2-3-12-20/h6-9,17H,2-5,10-14H2,1H3. The average Bonchev–Trinajstić information content (AvgIpc) is 3.10. The molecule has 0 amide bonds. The van der Waals surface area contributed by atoms with E-state index in [2.05, 4.69) is 9.80 Å². The van der Waals surface area contributed by atoms with Gasteiger partial charge in [0, 0.05) is 19.1 Å². The average molecular weight is 302 g/mol. The van der Waals surface area contributed by atoms with Crippen molar-refractivity contribution in [3.05, 3.63) is 35.4 Å². The second-order valence-electron chi connectivity index (χ2n) is 6.46. The Morgan fingerprint density at radius 1 is 1.14 bits per heavy atom. The number of rotatable bonds is 4. The number of methoxy groups -OCH3 is 1. The van der Waals surface area contributed by atoms with Crippen molar-refractivity contribution in [3.63, 3.8) is 0 Å². The van der Waals surface area contributed by atoms with E-state index in [9.17, 15) is 4.79 Å². The third kappa shape index (κ3) is 3.68. The Bertz CT molecular complexity index is 494. The lowest BCUT2D eigenvalue weighted by Gasteiger charge is -2.37. The van der Waals surface area contributed by atoms with Crippen molar-refractivity contribution < 1.29 is 9.53 Å². The van der Waals surface area contributed by atoms with Gasteiger partial charge in [0.15, 0.2) is 0 Å². The minimum Gasteiger partial charge on any atom is -0.465 e. The molecule has 0 aromatic heterocycles. The topological polar surface area (TPSA) is 32.8 Å². The molecule has 1 aromatic carbocycles. The summed E-state index contributed by atoms with van der Waals surface area (Å²) in [6, 6.07) is 8.56. The summed E-state index contributed by atoms with van der Waals surface area (Å²) in [5.74, 6) is -0.265. The highest BCUT2D eigenvalue weighted by molar-refractivity contribution is 5.89. The molecule has 1 atom stereocenters. The maximum Gasteiger partial charge on any atom is 0.337 e. The number of hydrogen-bond acceptors (Lipinski definition) is 4. The molecular weight excluding hydrogens is 276 g/mol. The van der Waals surface area contributed by atoms with Gasteiger partial charge < -0.3 is 4.74 Å². The molecule has 4 heteroatoms. The van der Waals surface area contributed by atoms with Gasteiger partial charge in [0.25, 0.3) is 0 Å². The number of piperidine rings is 1. The highest BCUT2D eigenvalue weighted by Gasteiger charge is 2.26. The van der Waals surface area contributed by atoms with Crippen LogP contribution in [0.15, 0.2) is 24.3 Å². The fraction of sp³-hybridized carbons (Fsp3) is 0.611. The Kier molecular flexibility index (Phi) is 5.11. The van der Waals surface area contributed by atoms with E-state index in [0.717, 1.165) is 12.6 Å². The molecule has 22 heavy (non-hydrogen) atoms. The second-order valence-corrected chi connectivity index (χ2v) is 6.46. The van der Waals surface area contributed by atoms with Crippen LogP contribution in [0, 0.1) is 0 Å². The first-order valence-electron chi connectivity index (χ1n) is 8.40. The summed E-state index contributed by atoms with van der Waals surface area (Å²) in [7, 11) is 1.42. The maximum absolute atomic E-state index is 11.5. The molecule has 0 radical (unpaired) electrons. The third-order valence-corrected chi connectivity index (χ3v) is 4.92. The molecule has 2 aliphatic rings. The molecule has 120 valence electrons. The number of nitrogens with zero attached hydrogens (tertiary/aromatic N) is 2. The summed E-state index contributed by atoms with van der Waals surface area (Å²) in [5, 5.41) is 0. The first kappa shape index (κ1) is 15.5. The van der Waals surface area contributed by atoms with Crippen LogP contribution >= 0.6 is 0 Å². The molecule has 0 saturated carbocycles. The van der Waals surface area contributed by atoms with Crippen molar-refractivity contribution in [2.24, 2.45) is 0 Å². The van der Waals surface area contributed by atoms with Crippen molar-refractivity contribution in [1.29, 1.82) is 0 Å². The molecule has 2 fully saturated rings. The van der Waals surface area contributed by atoms with Crippen LogP contribution in [0.5, 0.6) is 0 Å². The number of carbonyl (C=O) groups is 1. The minimum atomic E-state index is -0.265. The van der Waals surface area contributed by atoms with Crippen LogP contribution in [0.3, 0.4) is 0 Å². The van der Waals surface area contributed by atoms with E-state index in [0.29, 0.717) is 5.56 Å². The van der Waals surface area contributed by atoms with Crippen molar-refractivity contribution in [2.45, 2.75) is 38.3 Å². The fourth-order valence-corrected chi connectivity index (χ4v) is 3.70. The Labute approximate surface area is 133 Å². The Hall–Kier alpha value is -1.39. The molecule has 1 aromatic rings. The smallest absolute Gasteiger partial charge is 0.337 e. The first-order chi connectivity index (χ1) is 10.8. The molecule has 2 saturated heterocycles. The molecule has 0 aliphatic carbocycles. The van der Waals surface area contributed by atoms with Gasteiger partial charge >= 0.3 is 5.97 Å². The van der Waals surface area contributed by atoms with E-state index in [-0.39, 0.29) is 5.97 Å². The van der Waals surface area contributed by atoms with Crippen LogP contribution in [-0.4, -0.2) is 55.1 Å². The zero-order chi connectivity index (χ0) is 15.4. The molecule has 0 N–H and O–H groups in total. The van der Waals surface area contributed by atoms with Crippen LogP contribution in [0.25, 0.3) is 0 Å². The van der Waals surface area contributed by atoms with Gasteiger partial charge in [-0.3, -0.25) is 9.80 Å². The Balaban J connectivity index is 1.56. The summed E-state index contributed by atoms with van der Waals surface area (Å²) < 4.78 is 4.74. The van der Waals surface area contributed by atoms with Crippen LogP contribution in [-0.2, 0) is 11.3 Å². The number of esters is 1. The molecule has 2 aliphatic heterocycles. The van der Waals surface area contributed by atoms with E-state index < -0.39 is 0 Å². The first-order valence-corrected chi connectivity index (χ1v) is 8.40. The summed E-state index contributed by atoms with van der Waals surface area (Å²) in [6.07, 6.45) is 5.37. The van der Waals surface area contributed by atoms with Gasteiger partial charge in [-0.25, -0.2) is 4.79 Å². The van der Waals surface area contributed by atoms with Crippen molar-refractivity contribution in [3.8, 4) is 0 Å². The molecular formula is C18H26N2O2. The third-order valence-electron chi connectivity index (χ3n) is 4.92. The van der Waals surface area contributed by atoms with Crippen LogP contribution in [0.2, 0.25) is 0 Å². The lowest BCUT2D eigenvalue weighted by molar-refractivity contribution is 0.0600. The van der Waals surface area contributed by atoms with Crippen molar-refractivity contribution in [2.75, 3.05) is 33.3 Å². The monoisotopic (exact) mass is 302 g/mol. The second kappa shape index (κ2) is 7.25. The Morgan fingerprint density at radius 2 is 1.86 bits per heavy atom. The molecule has 0 spiro atoms. The van der Waals surface area contributed by atoms with Crippen LogP contribution in [0.4, 0.5) is 0 Å². The van der Waals surface area contributed by atoms with E-state index in [4.69, 9.17) is 4.74 Å². The van der Waals surface area contributed by atoms with Gasteiger partial charge in [-0.05, 0) is 63.0 Å². The summed E-state index contributed by atoms with van der Waals surface area (Å²) in [4.78, 5) is 16.7. The van der Waals surface area contributed by atoms with Gasteiger partial charge in [-0.2, -0.15) is 0 Å². The SMILES string of the molecule is COC(=O)c1ccc(CN2CCCC(N3CCCC3)C2)cc1. The zero-order valence-electron chi connectivity index (χ0n) is 13.5. The van der Waals surface area contributed by atoms with Gasteiger partial charge in [-0.15, -0.1) is 0 Å². The molecule has 4 nitrogen and oxygen atoms in total. The molecule has 0 bridgehead atoms. The summed E-state index contributed by atoms with van der Waals surface area (Å²) in [5.41, 5.74) is 1.90. The number of ether oxygens (including phenoxy) is 1. The van der Waals surface area contributed by atoms with Crippen LogP contribution in [0.1, 0.15) is 41.6 Å². The largest absolute Gasteiger partial charge is 0.465 e.